The topological polar surface area (TPSA) is 68.3 Å². The molecule has 2 aromatic rings. The van der Waals surface area contributed by atoms with Crippen LogP contribution in [0.4, 0.5) is 5.13 Å². The van der Waals surface area contributed by atoms with Gasteiger partial charge in [-0.1, -0.05) is 26.0 Å². The number of rotatable bonds is 3. The highest BCUT2D eigenvalue weighted by molar-refractivity contribution is 7.13. The quantitative estimate of drug-likeness (QED) is 0.876. The number of benzene rings is 1. The number of ether oxygens (including phenoxy) is 1. The van der Waals surface area contributed by atoms with Crippen LogP contribution in [0.2, 0.25) is 0 Å². The van der Waals surface area contributed by atoms with Gasteiger partial charge in [0.25, 0.3) is 5.91 Å². The number of carbonyl (C=O) groups is 2. The molecule has 1 N–H and O–H groups in total. The zero-order valence-corrected chi connectivity index (χ0v) is 14.1. The molecule has 2 heterocycles. The summed E-state index contributed by atoms with van der Waals surface area (Å²) in [4.78, 5) is 28.8. The highest BCUT2D eigenvalue weighted by Crippen LogP contribution is 2.31. The van der Waals surface area contributed by atoms with Crippen LogP contribution in [-0.4, -0.2) is 22.5 Å². The molecule has 0 aliphatic carbocycles. The maximum atomic E-state index is 12.5. The van der Waals surface area contributed by atoms with Gasteiger partial charge in [0, 0.05) is 18.0 Å². The minimum atomic E-state index is -1.23. The van der Waals surface area contributed by atoms with E-state index in [1.807, 2.05) is 12.1 Å². The minimum Gasteiger partial charge on any atom is -0.445 e. The van der Waals surface area contributed by atoms with Crippen molar-refractivity contribution in [1.29, 1.82) is 0 Å². The average molecular weight is 330 g/mol. The first-order chi connectivity index (χ1) is 10.9. The van der Waals surface area contributed by atoms with Crippen molar-refractivity contribution in [2.75, 3.05) is 5.32 Å². The molecule has 3 rings (SSSR count). The number of esters is 1. The molecule has 0 saturated carbocycles. The van der Waals surface area contributed by atoms with Crippen LogP contribution in [0.3, 0.4) is 0 Å². The zero-order chi connectivity index (χ0) is 16.6. The van der Waals surface area contributed by atoms with Crippen molar-refractivity contribution in [3.63, 3.8) is 0 Å². The number of cyclic esters (lactones) is 1. The number of nitrogens with one attached hydrogen (secondary N) is 1. The van der Waals surface area contributed by atoms with Crippen LogP contribution < -0.4 is 5.32 Å². The summed E-state index contributed by atoms with van der Waals surface area (Å²) < 4.78 is 5.44. The third-order valence-electron chi connectivity index (χ3n) is 3.99. The Labute approximate surface area is 138 Å². The maximum absolute atomic E-state index is 12.5. The number of fused-ring (bicyclic) bond motifs is 1. The Morgan fingerprint density at radius 2 is 2.22 bits per heavy atom. The van der Waals surface area contributed by atoms with Crippen molar-refractivity contribution >= 4 is 28.3 Å². The maximum Gasteiger partial charge on any atom is 0.339 e. The van der Waals surface area contributed by atoms with Crippen LogP contribution in [-0.2, 0) is 16.0 Å². The summed E-state index contributed by atoms with van der Waals surface area (Å²) in [5.41, 5.74) is 1.30. The van der Waals surface area contributed by atoms with E-state index in [0.717, 1.165) is 11.1 Å². The number of anilines is 1. The summed E-state index contributed by atoms with van der Waals surface area (Å²) in [6.07, 6.45) is 1.96. The Morgan fingerprint density at radius 1 is 1.43 bits per heavy atom. The van der Waals surface area contributed by atoms with Gasteiger partial charge in [0.2, 0.25) is 0 Å². The van der Waals surface area contributed by atoms with Crippen LogP contribution in [0.15, 0.2) is 29.8 Å². The molecule has 0 bridgehead atoms. The minimum absolute atomic E-state index is 0.353. The van der Waals surface area contributed by atoms with E-state index in [1.54, 1.807) is 24.6 Å². The van der Waals surface area contributed by atoms with Crippen LogP contribution in [0.1, 0.15) is 48.2 Å². The van der Waals surface area contributed by atoms with Gasteiger partial charge in [0.1, 0.15) is 0 Å². The SMILES string of the molecule is CC(C)c1ccc2c(c1)CC(C)(C(=O)Nc1nccs1)OC2=O. The van der Waals surface area contributed by atoms with Gasteiger partial charge in [0.15, 0.2) is 10.7 Å². The van der Waals surface area contributed by atoms with Gasteiger partial charge < -0.3 is 4.74 Å². The molecule has 0 saturated heterocycles. The molecule has 23 heavy (non-hydrogen) atoms. The molecule has 5 nitrogen and oxygen atoms in total. The van der Waals surface area contributed by atoms with E-state index in [4.69, 9.17) is 4.74 Å². The number of hydrogen-bond donors (Lipinski definition) is 1. The molecule has 1 atom stereocenters. The van der Waals surface area contributed by atoms with E-state index in [9.17, 15) is 9.59 Å². The molecule has 6 heteroatoms. The molecule has 120 valence electrons. The highest BCUT2D eigenvalue weighted by Gasteiger charge is 2.43. The summed E-state index contributed by atoms with van der Waals surface area (Å²) in [7, 11) is 0. The molecule has 1 aliphatic rings. The Bertz CT molecular complexity index is 755. The molecule has 1 aromatic heterocycles. The molecule has 1 amide bonds. The lowest BCUT2D eigenvalue weighted by Gasteiger charge is -2.33. The molecule has 0 spiro atoms. The fraction of sp³-hybridized carbons (Fsp3) is 0.353. The highest BCUT2D eigenvalue weighted by atomic mass is 32.1. The monoisotopic (exact) mass is 330 g/mol. The standard InChI is InChI=1S/C17H18N2O3S/c1-10(2)11-4-5-13-12(8-11)9-17(3,22-14(13)20)15(21)19-16-18-6-7-23-16/h4-8,10H,9H2,1-3H3,(H,18,19,21). The van der Waals surface area contributed by atoms with Gasteiger partial charge in [-0.05, 0) is 30.0 Å². The number of aromatic nitrogens is 1. The van der Waals surface area contributed by atoms with Crippen LogP contribution in [0.25, 0.3) is 0 Å². The van der Waals surface area contributed by atoms with Crippen molar-refractivity contribution in [1.82, 2.24) is 4.98 Å². The number of hydrogen-bond acceptors (Lipinski definition) is 5. The first-order valence-electron chi connectivity index (χ1n) is 7.46. The lowest BCUT2D eigenvalue weighted by Crippen LogP contribution is -2.48. The van der Waals surface area contributed by atoms with Crippen molar-refractivity contribution < 1.29 is 14.3 Å². The molecular formula is C17H18N2O3S. The number of nitrogens with zero attached hydrogens (tertiary/aromatic N) is 1. The molecule has 1 unspecified atom stereocenters. The van der Waals surface area contributed by atoms with Crippen molar-refractivity contribution in [3.8, 4) is 0 Å². The summed E-state index contributed by atoms with van der Waals surface area (Å²) in [5.74, 6) is -0.464. The normalized spacial score (nSPS) is 20.1. The van der Waals surface area contributed by atoms with Gasteiger partial charge in [0.05, 0.1) is 5.56 Å². The first kappa shape index (κ1) is 15.7. The Hall–Kier alpha value is -2.21. The molecular weight excluding hydrogens is 312 g/mol. The largest absolute Gasteiger partial charge is 0.445 e. The van der Waals surface area contributed by atoms with Crippen molar-refractivity contribution in [3.05, 3.63) is 46.5 Å². The van der Waals surface area contributed by atoms with Crippen LogP contribution >= 0.6 is 11.3 Å². The third kappa shape index (κ3) is 2.99. The average Bonchev–Trinajstić information content (AvgIpc) is 2.99. The predicted molar refractivity (Wildman–Crippen MR) is 88.8 cm³/mol. The number of thiazole rings is 1. The fourth-order valence-corrected chi connectivity index (χ4v) is 3.14. The Balaban J connectivity index is 1.90. The summed E-state index contributed by atoms with van der Waals surface area (Å²) in [6, 6.07) is 5.71. The third-order valence-corrected chi connectivity index (χ3v) is 4.68. The van der Waals surface area contributed by atoms with E-state index in [0.29, 0.717) is 23.0 Å². The number of carbonyl (C=O) groups excluding carboxylic acids is 2. The first-order valence-corrected chi connectivity index (χ1v) is 8.34. The molecule has 1 aromatic carbocycles. The second kappa shape index (κ2) is 5.77. The number of amides is 1. The molecule has 0 fully saturated rings. The smallest absolute Gasteiger partial charge is 0.339 e. The van der Waals surface area contributed by atoms with Gasteiger partial charge in [-0.15, -0.1) is 11.3 Å². The lowest BCUT2D eigenvalue weighted by molar-refractivity contribution is -0.134. The van der Waals surface area contributed by atoms with E-state index in [1.165, 1.54) is 11.3 Å². The fourth-order valence-electron chi connectivity index (χ4n) is 2.62. The predicted octanol–water partition coefficient (Wildman–Crippen LogP) is 3.38. The van der Waals surface area contributed by atoms with Crippen molar-refractivity contribution in [2.45, 2.75) is 38.7 Å². The Morgan fingerprint density at radius 3 is 2.87 bits per heavy atom. The van der Waals surface area contributed by atoms with E-state index < -0.39 is 11.6 Å². The summed E-state index contributed by atoms with van der Waals surface area (Å²) >= 11 is 1.32. The van der Waals surface area contributed by atoms with Gasteiger partial charge >= 0.3 is 5.97 Å². The van der Waals surface area contributed by atoms with Gasteiger partial charge in [-0.3, -0.25) is 10.1 Å². The van der Waals surface area contributed by atoms with E-state index in [-0.39, 0.29) is 5.91 Å². The van der Waals surface area contributed by atoms with Crippen LogP contribution in [0, 0.1) is 0 Å². The summed E-state index contributed by atoms with van der Waals surface area (Å²) in [5, 5.41) is 4.98. The second-order valence-electron chi connectivity index (χ2n) is 6.16. The molecule has 0 radical (unpaired) electrons. The van der Waals surface area contributed by atoms with Crippen LogP contribution in [0.5, 0.6) is 0 Å². The second-order valence-corrected chi connectivity index (χ2v) is 7.05. The molecule has 1 aliphatic heterocycles. The van der Waals surface area contributed by atoms with Crippen molar-refractivity contribution in [2.24, 2.45) is 0 Å². The summed E-state index contributed by atoms with van der Waals surface area (Å²) in [6.45, 7) is 5.83. The van der Waals surface area contributed by atoms with E-state index in [2.05, 4.69) is 24.1 Å². The van der Waals surface area contributed by atoms with Gasteiger partial charge in [-0.25, -0.2) is 9.78 Å². The Kier molecular flexibility index (Phi) is 3.93. The van der Waals surface area contributed by atoms with Gasteiger partial charge in [-0.2, -0.15) is 0 Å². The lowest BCUT2D eigenvalue weighted by atomic mass is 9.87. The zero-order valence-electron chi connectivity index (χ0n) is 13.3. The van der Waals surface area contributed by atoms with E-state index >= 15 is 0 Å².